The van der Waals surface area contributed by atoms with Gasteiger partial charge >= 0.3 is 6.43 Å². The number of carbonyl (C=O) groups is 1. The molecule has 0 spiro atoms. The number of aryl methyl sites for hydroxylation is 1. The molecule has 0 bridgehead atoms. The summed E-state index contributed by atoms with van der Waals surface area (Å²) < 4.78 is 24.4. The van der Waals surface area contributed by atoms with Gasteiger partial charge < -0.3 is 5.32 Å². The standard InChI is InChI=1S/C12H10F2N2O/c1-7-6-10(16-12(17)11(13)14)8-4-2-3-5-9(8)15-7/h2-6,11H,1H3,(H,15,16,17). The molecule has 88 valence electrons. The second kappa shape index (κ2) is 4.45. The first-order valence-electron chi connectivity index (χ1n) is 5.03. The molecule has 1 amide bonds. The average Bonchev–Trinajstić information content (AvgIpc) is 2.28. The maximum absolute atomic E-state index is 12.2. The third kappa shape index (κ3) is 2.38. The van der Waals surface area contributed by atoms with E-state index in [4.69, 9.17) is 0 Å². The van der Waals surface area contributed by atoms with E-state index in [9.17, 15) is 13.6 Å². The summed E-state index contributed by atoms with van der Waals surface area (Å²) in [6.07, 6.45) is -3.03. The molecule has 0 radical (unpaired) electrons. The van der Waals surface area contributed by atoms with Crippen LogP contribution in [-0.4, -0.2) is 17.3 Å². The van der Waals surface area contributed by atoms with Crippen molar-refractivity contribution < 1.29 is 13.6 Å². The van der Waals surface area contributed by atoms with Crippen LogP contribution in [-0.2, 0) is 4.79 Å². The largest absolute Gasteiger partial charge is 0.320 e. The molecule has 1 aromatic heterocycles. The molecule has 0 saturated heterocycles. The fourth-order valence-electron chi connectivity index (χ4n) is 1.60. The summed E-state index contributed by atoms with van der Waals surface area (Å²) in [6.45, 7) is 1.74. The Morgan fingerprint density at radius 3 is 2.76 bits per heavy atom. The number of alkyl halides is 2. The SMILES string of the molecule is Cc1cc(NC(=O)C(F)F)c2ccccc2n1. The predicted octanol–water partition coefficient (Wildman–Crippen LogP) is 2.75. The van der Waals surface area contributed by atoms with E-state index in [0.717, 1.165) is 0 Å². The number of anilines is 1. The van der Waals surface area contributed by atoms with Crippen molar-refractivity contribution in [2.24, 2.45) is 0 Å². The summed E-state index contributed by atoms with van der Waals surface area (Å²) in [6, 6.07) is 8.62. The first-order valence-corrected chi connectivity index (χ1v) is 5.03. The van der Waals surface area contributed by atoms with E-state index < -0.39 is 12.3 Å². The van der Waals surface area contributed by atoms with E-state index in [1.165, 1.54) is 0 Å². The number of pyridine rings is 1. The average molecular weight is 236 g/mol. The molecule has 0 aliphatic rings. The molecule has 1 N–H and O–H groups in total. The van der Waals surface area contributed by atoms with Gasteiger partial charge in [-0.05, 0) is 19.1 Å². The number of benzene rings is 1. The third-order valence-corrected chi connectivity index (χ3v) is 2.30. The smallest absolute Gasteiger partial charge is 0.315 e. The Morgan fingerprint density at radius 2 is 2.06 bits per heavy atom. The molecular formula is C12H10F2N2O. The second-order valence-corrected chi connectivity index (χ2v) is 3.62. The molecule has 1 aromatic carbocycles. The molecule has 0 atom stereocenters. The van der Waals surface area contributed by atoms with Gasteiger partial charge in [-0.15, -0.1) is 0 Å². The van der Waals surface area contributed by atoms with Gasteiger partial charge in [-0.1, -0.05) is 18.2 Å². The number of amides is 1. The maximum atomic E-state index is 12.2. The number of hydrogen-bond acceptors (Lipinski definition) is 2. The zero-order valence-corrected chi connectivity index (χ0v) is 9.08. The van der Waals surface area contributed by atoms with Gasteiger partial charge in [0.2, 0.25) is 0 Å². The van der Waals surface area contributed by atoms with Gasteiger partial charge in [-0.2, -0.15) is 8.78 Å². The second-order valence-electron chi connectivity index (χ2n) is 3.62. The summed E-state index contributed by atoms with van der Waals surface area (Å²) in [7, 11) is 0. The van der Waals surface area contributed by atoms with Crippen molar-refractivity contribution >= 4 is 22.5 Å². The minimum Gasteiger partial charge on any atom is -0.320 e. The van der Waals surface area contributed by atoms with Gasteiger partial charge in [0, 0.05) is 11.1 Å². The van der Waals surface area contributed by atoms with Crippen molar-refractivity contribution in [1.29, 1.82) is 0 Å². The number of carbonyl (C=O) groups excluding carboxylic acids is 1. The van der Waals surface area contributed by atoms with Crippen LogP contribution in [0.1, 0.15) is 5.69 Å². The predicted molar refractivity (Wildman–Crippen MR) is 61.1 cm³/mol. The molecule has 0 saturated carbocycles. The van der Waals surface area contributed by atoms with Crippen LogP contribution in [0.4, 0.5) is 14.5 Å². The van der Waals surface area contributed by atoms with Crippen LogP contribution in [0.25, 0.3) is 10.9 Å². The Balaban J connectivity index is 2.49. The molecule has 1 heterocycles. The molecule has 0 aliphatic heterocycles. The quantitative estimate of drug-likeness (QED) is 0.871. The van der Waals surface area contributed by atoms with Crippen LogP contribution in [0.3, 0.4) is 0 Å². The molecule has 2 aromatic rings. The molecule has 2 rings (SSSR count). The van der Waals surface area contributed by atoms with Gasteiger partial charge in [0.1, 0.15) is 0 Å². The number of para-hydroxylation sites is 1. The lowest BCUT2D eigenvalue weighted by Gasteiger charge is -2.09. The molecule has 0 aliphatic carbocycles. The number of rotatable bonds is 2. The molecular weight excluding hydrogens is 226 g/mol. The van der Waals surface area contributed by atoms with Gasteiger partial charge in [0.25, 0.3) is 5.91 Å². The monoisotopic (exact) mass is 236 g/mol. The zero-order valence-electron chi connectivity index (χ0n) is 9.08. The van der Waals surface area contributed by atoms with Crippen LogP contribution >= 0.6 is 0 Å². The highest BCUT2D eigenvalue weighted by molar-refractivity contribution is 6.02. The van der Waals surface area contributed by atoms with Gasteiger partial charge in [-0.25, -0.2) is 0 Å². The third-order valence-electron chi connectivity index (χ3n) is 2.30. The minimum absolute atomic E-state index is 0.360. The van der Waals surface area contributed by atoms with E-state index in [1.807, 2.05) is 0 Å². The van der Waals surface area contributed by atoms with Gasteiger partial charge in [0.05, 0.1) is 11.2 Å². The Labute approximate surface area is 96.5 Å². The summed E-state index contributed by atoms with van der Waals surface area (Å²) in [4.78, 5) is 15.2. The normalized spacial score (nSPS) is 10.8. The van der Waals surface area contributed by atoms with E-state index in [0.29, 0.717) is 22.3 Å². The highest BCUT2D eigenvalue weighted by Gasteiger charge is 2.16. The minimum atomic E-state index is -3.03. The van der Waals surface area contributed by atoms with Crippen molar-refractivity contribution in [2.45, 2.75) is 13.3 Å². The van der Waals surface area contributed by atoms with Crippen molar-refractivity contribution in [2.75, 3.05) is 5.32 Å². The summed E-state index contributed by atoms with van der Waals surface area (Å²) >= 11 is 0. The van der Waals surface area contributed by atoms with E-state index >= 15 is 0 Å². The Kier molecular flexibility index (Phi) is 2.99. The Bertz CT molecular complexity index is 569. The van der Waals surface area contributed by atoms with Crippen molar-refractivity contribution in [3.63, 3.8) is 0 Å². The van der Waals surface area contributed by atoms with Crippen LogP contribution in [0, 0.1) is 6.92 Å². The van der Waals surface area contributed by atoms with Crippen LogP contribution in [0.5, 0.6) is 0 Å². The summed E-state index contributed by atoms with van der Waals surface area (Å²) in [5, 5.41) is 2.84. The van der Waals surface area contributed by atoms with Crippen LogP contribution in [0.2, 0.25) is 0 Å². The highest BCUT2D eigenvalue weighted by Crippen LogP contribution is 2.23. The van der Waals surface area contributed by atoms with Crippen molar-refractivity contribution in [3.8, 4) is 0 Å². The van der Waals surface area contributed by atoms with E-state index in [2.05, 4.69) is 10.3 Å². The topological polar surface area (TPSA) is 42.0 Å². The van der Waals surface area contributed by atoms with Crippen LogP contribution in [0.15, 0.2) is 30.3 Å². The summed E-state index contributed by atoms with van der Waals surface area (Å²) in [5.41, 5.74) is 1.68. The van der Waals surface area contributed by atoms with Crippen molar-refractivity contribution in [3.05, 3.63) is 36.0 Å². The lowest BCUT2D eigenvalue weighted by Crippen LogP contribution is -2.20. The van der Waals surface area contributed by atoms with Gasteiger partial charge in [0.15, 0.2) is 0 Å². The lowest BCUT2D eigenvalue weighted by atomic mass is 10.1. The molecule has 0 fully saturated rings. The highest BCUT2D eigenvalue weighted by atomic mass is 19.3. The van der Waals surface area contributed by atoms with Crippen molar-refractivity contribution in [1.82, 2.24) is 4.98 Å². The number of fused-ring (bicyclic) bond motifs is 1. The fraction of sp³-hybridized carbons (Fsp3) is 0.167. The zero-order chi connectivity index (χ0) is 12.4. The fourth-order valence-corrected chi connectivity index (χ4v) is 1.60. The molecule has 0 unspecified atom stereocenters. The Hall–Kier alpha value is -2.04. The van der Waals surface area contributed by atoms with E-state index in [1.54, 1.807) is 37.3 Å². The number of hydrogen-bond donors (Lipinski definition) is 1. The maximum Gasteiger partial charge on any atom is 0.315 e. The number of halogens is 2. The number of nitrogens with one attached hydrogen (secondary N) is 1. The lowest BCUT2D eigenvalue weighted by molar-refractivity contribution is -0.126. The molecule has 5 heteroatoms. The van der Waals surface area contributed by atoms with E-state index in [-0.39, 0.29) is 0 Å². The first-order chi connectivity index (χ1) is 8.08. The number of nitrogens with zero attached hydrogens (tertiary/aromatic N) is 1. The first kappa shape index (κ1) is 11.4. The van der Waals surface area contributed by atoms with Gasteiger partial charge in [-0.3, -0.25) is 9.78 Å². The summed E-state index contributed by atoms with van der Waals surface area (Å²) in [5.74, 6) is -1.30. The Morgan fingerprint density at radius 1 is 1.35 bits per heavy atom. The molecule has 17 heavy (non-hydrogen) atoms. The molecule has 3 nitrogen and oxygen atoms in total. The van der Waals surface area contributed by atoms with Crippen LogP contribution < -0.4 is 5.32 Å². The number of aromatic nitrogens is 1.